The first-order valence-electron chi connectivity index (χ1n) is 9.45. The molecule has 1 aliphatic rings. The van der Waals surface area contributed by atoms with Gasteiger partial charge in [0, 0.05) is 18.3 Å². The normalized spacial score (nSPS) is 16.8. The lowest BCUT2D eigenvalue weighted by molar-refractivity contribution is -0.143. The molecule has 0 amide bonds. The van der Waals surface area contributed by atoms with Crippen LogP contribution in [-0.2, 0) is 27.3 Å². The summed E-state index contributed by atoms with van der Waals surface area (Å²) >= 11 is 0. The third-order valence-electron chi connectivity index (χ3n) is 5.45. The molecule has 0 unspecified atom stereocenters. The van der Waals surface area contributed by atoms with Crippen LogP contribution in [0, 0.1) is 0 Å². The standard InChI is InChI=1S/C22H18F6O3/c23-21(24,25)16-10-14(11-17(12-16)22(26,27)28)19(30)31-13-20(8-6-18(29)7-9-20)15-4-2-1-3-5-15/h1-5,10-12H,6-9,13H2. The Labute approximate surface area is 174 Å². The third kappa shape index (κ3) is 5.26. The molecule has 0 heterocycles. The Bertz CT molecular complexity index is 921. The number of rotatable bonds is 4. The number of hydrogen-bond acceptors (Lipinski definition) is 3. The molecule has 1 aliphatic carbocycles. The van der Waals surface area contributed by atoms with Crippen LogP contribution in [0.15, 0.2) is 48.5 Å². The quantitative estimate of drug-likeness (QED) is 0.432. The molecule has 0 aliphatic heterocycles. The maximum absolute atomic E-state index is 13.0. The van der Waals surface area contributed by atoms with E-state index < -0.39 is 40.4 Å². The second-order valence-electron chi connectivity index (χ2n) is 7.56. The maximum atomic E-state index is 13.0. The number of carbonyl (C=O) groups is 2. The first kappa shape index (κ1) is 22.8. The summed E-state index contributed by atoms with van der Waals surface area (Å²) in [6.07, 6.45) is -8.92. The molecule has 0 bridgehead atoms. The lowest BCUT2D eigenvalue weighted by atomic mass is 9.69. The number of alkyl halides is 6. The van der Waals surface area contributed by atoms with Crippen LogP contribution in [0.25, 0.3) is 0 Å². The van der Waals surface area contributed by atoms with Gasteiger partial charge in [0.2, 0.25) is 0 Å². The first-order chi connectivity index (χ1) is 14.4. The molecule has 0 aromatic heterocycles. The van der Waals surface area contributed by atoms with Crippen molar-refractivity contribution in [3.8, 4) is 0 Å². The fourth-order valence-electron chi connectivity index (χ4n) is 3.68. The summed E-state index contributed by atoms with van der Waals surface area (Å²) in [5.74, 6) is -1.24. The van der Waals surface area contributed by atoms with E-state index in [9.17, 15) is 35.9 Å². The monoisotopic (exact) mass is 444 g/mol. The smallest absolute Gasteiger partial charge is 0.416 e. The van der Waals surface area contributed by atoms with Crippen molar-refractivity contribution in [2.24, 2.45) is 0 Å². The Morgan fingerprint density at radius 2 is 1.39 bits per heavy atom. The number of ether oxygens (including phenoxy) is 1. The minimum absolute atomic E-state index is 0.0466. The molecule has 1 fully saturated rings. The predicted octanol–water partition coefficient (Wildman–Crippen LogP) is 5.96. The van der Waals surface area contributed by atoms with E-state index in [4.69, 9.17) is 4.74 Å². The molecule has 1 saturated carbocycles. The summed E-state index contributed by atoms with van der Waals surface area (Å²) in [5, 5.41) is 0. The Hall–Kier alpha value is -2.84. The predicted molar refractivity (Wildman–Crippen MR) is 98.3 cm³/mol. The molecular weight excluding hydrogens is 426 g/mol. The van der Waals surface area contributed by atoms with Gasteiger partial charge in [-0.1, -0.05) is 30.3 Å². The highest BCUT2D eigenvalue weighted by molar-refractivity contribution is 5.90. The van der Waals surface area contributed by atoms with Crippen LogP contribution in [0.4, 0.5) is 26.3 Å². The van der Waals surface area contributed by atoms with Crippen molar-refractivity contribution in [1.82, 2.24) is 0 Å². The molecular formula is C22H18F6O3. The summed E-state index contributed by atoms with van der Waals surface area (Å²) in [6, 6.07) is 9.52. The van der Waals surface area contributed by atoms with Gasteiger partial charge in [0.25, 0.3) is 0 Å². The van der Waals surface area contributed by atoms with E-state index in [2.05, 4.69) is 0 Å². The zero-order chi connectivity index (χ0) is 22.9. The first-order valence-corrected chi connectivity index (χ1v) is 9.45. The van der Waals surface area contributed by atoms with Crippen LogP contribution in [0.1, 0.15) is 52.7 Å². The Morgan fingerprint density at radius 1 is 0.871 bits per heavy atom. The van der Waals surface area contributed by atoms with Crippen molar-refractivity contribution in [2.45, 2.75) is 43.5 Å². The van der Waals surface area contributed by atoms with Crippen LogP contribution >= 0.6 is 0 Å². The number of ketones is 1. The topological polar surface area (TPSA) is 43.4 Å². The number of hydrogen-bond donors (Lipinski definition) is 0. The van der Waals surface area contributed by atoms with Crippen molar-refractivity contribution in [3.63, 3.8) is 0 Å². The zero-order valence-electron chi connectivity index (χ0n) is 16.1. The van der Waals surface area contributed by atoms with Gasteiger partial charge in [-0.3, -0.25) is 4.79 Å². The Balaban J connectivity index is 1.89. The SMILES string of the molecule is O=C1CCC(COC(=O)c2cc(C(F)(F)F)cc(C(F)(F)F)c2)(c2ccccc2)CC1. The average Bonchev–Trinajstić information content (AvgIpc) is 2.72. The average molecular weight is 444 g/mol. The van der Waals surface area contributed by atoms with Gasteiger partial charge in [0.15, 0.2) is 0 Å². The maximum Gasteiger partial charge on any atom is 0.416 e. The van der Waals surface area contributed by atoms with E-state index in [0.29, 0.717) is 25.0 Å². The van der Waals surface area contributed by atoms with Crippen LogP contribution in [0.2, 0.25) is 0 Å². The zero-order valence-corrected chi connectivity index (χ0v) is 16.1. The highest BCUT2D eigenvalue weighted by atomic mass is 19.4. The second-order valence-corrected chi connectivity index (χ2v) is 7.56. The van der Waals surface area contributed by atoms with Crippen LogP contribution < -0.4 is 0 Å². The van der Waals surface area contributed by atoms with Gasteiger partial charge in [-0.25, -0.2) is 4.79 Å². The molecule has 0 spiro atoms. The molecule has 2 aromatic carbocycles. The number of carbonyl (C=O) groups excluding carboxylic acids is 2. The number of Topliss-reactive ketones (excluding diaryl/α,β-unsaturated/α-hetero) is 1. The van der Waals surface area contributed by atoms with Crippen molar-refractivity contribution < 1.29 is 40.7 Å². The number of esters is 1. The Morgan fingerprint density at radius 3 is 1.87 bits per heavy atom. The van der Waals surface area contributed by atoms with Gasteiger partial charge < -0.3 is 4.74 Å². The molecule has 2 aromatic rings. The van der Waals surface area contributed by atoms with Crippen LogP contribution in [0.5, 0.6) is 0 Å². The molecule has 9 heteroatoms. The van der Waals surface area contributed by atoms with E-state index in [-0.39, 0.29) is 31.3 Å². The van der Waals surface area contributed by atoms with Gasteiger partial charge in [-0.05, 0) is 36.6 Å². The van der Waals surface area contributed by atoms with Crippen LogP contribution in [0.3, 0.4) is 0 Å². The van der Waals surface area contributed by atoms with E-state index in [1.807, 2.05) is 0 Å². The van der Waals surface area contributed by atoms with E-state index in [1.165, 1.54) is 0 Å². The fourth-order valence-corrected chi connectivity index (χ4v) is 3.68. The van der Waals surface area contributed by atoms with Crippen molar-refractivity contribution >= 4 is 11.8 Å². The largest absolute Gasteiger partial charge is 0.461 e. The minimum Gasteiger partial charge on any atom is -0.461 e. The summed E-state index contributed by atoms with van der Waals surface area (Å²) in [7, 11) is 0. The molecule has 0 saturated heterocycles. The number of halogens is 6. The Kier molecular flexibility index (Phi) is 6.16. The molecule has 166 valence electrons. The highest BCUT2D eigenvalue weighted by Crippen LogP contribution is 2.40. The lowest BCUT2D eigenvalue weighted by Gasteiger charge is -2.36. The molecule has 0 atom stereocenters. The minimum atomic E-state index is -5.06. The van der Waals surface area contributed by atoms with Gasteiger partial charge in [0.1, 0.15) is 12.4 Å². The van der Waals surface area contributed by atoms with Gasteiger partial charge in [0.05, 0.1) is 16.7 Å². The fraction of sp³-hybridized carbons (Fsp3) is 0.364. The molecule has 3 nitrogen and oxygen atoms in total. The molecule has 31 heavy (non-hydrogen) atoms. The highest BCUT2D eigenvalue weighted by Gasteiger charge is 2.40. The van der Waals surface area contributed by atoms with Crippen LogP contribution in [-0.4, -0.2) is 18.4 Å². The van der Waals surface area contributed by atoms with E-state index in [0.717, 1.165) is 5.56 Å². The molecule has 0 N–H and O–H groups in total. The van der Waals surface area contributed by atoms with Gasteiger partial charge in [-0.2, -0.15) is 26.3 Å². The summed E-state index contributed by atoms with van der Waals surface area (Å²) in [5.41, 5.74) is -3.96. The third-order valence-corrected chi connectivity index (χ3v) is 5.45. The van der Waals surface area contributed by atoms with E-state index in [1.54, 1.807) is 30.3 Å². The lowest BCUT2D eigenvalue weighted by Crippen LogP contribution is -2.37. The summed E-state index contributed by atoms with van der Waals surface area (Å²) in [4.78, 5) is 24.1. The number of benzene rings is 2. The van der Waals surface area contributed by atoms with Gasteiger partial charge >= 0.3 is 18.3 Å². The van der Waals surface area contributed by atoms with Gasteiger partial charge in [-0.15, -0.1) is 0 Å². The van der Waals surface area contributed by atoms with Crippen molar-refractivity contribution in [1.29, 1.82) is 0 Å². The van der Waals surface area contributed by atoms with Crippen molar-refractivity contribution in [2.75, 3.05) is 6.61 Å². The van der Waals surface area contributed by atoms with Crippen molar-refractivity contribution in [3.05, 3.63) is 70.8 Å². The molecule has 0 radical (unpaired) electrons. The van der Waals surface area contributed by atoms with E-state index >= 15 is 0 Å². The molecule has 3 rings (SSSR count). The second kappa shape index (κ2) is 8.36. The summed E-state index contributed by atoms with van der Waals surface area (Å²) in [6.45, 7) is -0.263. The summed E-state index contributed by atoms with van der Waals surface area (Å²) < 4.78 is 83.5.